The fourth-order valence-corrected chi connectivity index (χ4v) is 6.24. The van der Waals surface area contributed by atoms with E-state index in [9.17, 15) is 19.8 Å². The Balaban J connectivity index is 2.55. The largest absolute Gasteiger partial charge is 0.458 e. The van der Waals surface area contributed by atoms with Crippen molar-refractivity contribution in [3.63, 3.8) is 0 Å². The Morgan fingerprint density at radius 2 is 1.78 bits per heavy atom. The Morgan fingerprint density at radius 1 is 1.14 bits per heavy atom. The molecule has 1 aliphatic carbocycles. The van der Waals surface area contributed by atoms with Crippen molar-refractivity contribution < 1.29 is 29.3 Å². The van der Waals surface area contributed by atoms with Crippen LogP contribution in [-0.2, 0) is 19.1 Å². The molecule has 0 radical (unpaired) electrons. The molecule has 2 rings (SSSR count). The van der Waals surface area contributed by atoms with Crippen LogP contribution in [0.25, 0.3) is 0 Å². The number of thiol groups is 2. The standard InChI is InChI=1S/C26H38Cl2O6S2/c1-5-18-17(13-25(32,36)14-33-6-2)11-12-19-20(35)10-8-7-9-15(3)34-24(31)16(4)22(29)26(27,28)23(30)21(18)19/h7-12,15-22,29,32,35-36H,5-6,13-14H2,1-4H3/b9-7+,10-8-/t15-,16-,17+,18+,19-,20+,21-,22?,25-/m0/s1. The summed E-state index contributed by atoms with van der Waals surface area (Å²) in [7, 11) is 0. The number of Topliss-reactive ketones (excluding diaryl/α,β-unsaturated/α-hetero) is 1. The van der Waals surface area contributed by atoms with Crippen molar-refractivity contribution in [3.8, 4) is 0 Å². The van der Waals surface area contributed by atoms with Crippen molar-refractivity contribution in [1.82, 2.24) is 0 Å². The maximum absolute atomic E-state index is 14.0. The van der Waals surface area contributed by atoms with E-state index in [4.69, 9.17) is 45.3 Å². The molecule has 0 bridgehead atoms. The van der Waals surface area contributed by atoms with Gasteiger partial charge >= 0.3 is 5.97 Å². The molecular weight excluding hydrogens is 543 g/mol. The average Bonchev–Trinajstić information content (AvgIpc) is 2.82. The summed E-state index contributed by atoms with van der Waals surface area (Å²) < 4.78 is 8.47. The Morgan fingerprint density at radius 3 is 2.39 bits per heavy atom. The molecule has 1 aliphatic heterocycles. The summed E-state index contributed by atoms with van der Waals surface area (Å²) in [6.07, 6.45) is 9.51. The van der Waals surface area contributed by atoms with Gasteiger partial charge in [-0.1, -0.05) is 66.9 Å². The molecule has 1 unspecified atom stereocenters. The van der Waals surface area contributed by atoms with Gasteiger partial charge in [-0.15, -0.1) is 12.6 Å². The smallest absolute Gasteiger partial charge is 0.311 e. The number of hydrogen-bond acceptors (Lipinski definition) is 8. The maximum Gasteiger partial charge on any atom is 0.311 e. The van der Waals surface area contributed by atoms with Crippen LogP contribution >= 0.6 is 48.5 Å². The highest BCUT2D eigenvalue weighted by Crippen LogP contribution is 2.47. The number of ketones is 1. The Hall–Kier alpha value is -0.480. The predicted octanol–water partition coefficient (Wildman–Crippen LogP) is 4.57. The van der Waals surface area contributed by atoms with E-state index in [0.29, 0.717) is 13.0 Å². The summed E-state index contributed by atoms with van der Waals surface area (Å²) in [6.45, 7) is 7.36. The van der Waals surface area contributed by atoms with Gasteiger partial charge in [-0.05, 0) is 45.1 Å². The lowest BCUT2D eigenvalue weighted by Gasteiger charge is -2.44. The van der Waals surface area contributed by atoms with Gasteiger partial charge in [0.25, 0.3) is 0 Å². The molecule has 0 spiro atoms. The SMILES string of the molecule is CCOC[C@@](O)(S)C[C@H]1C=C[C@@H]2[C@@H](C(=O)C(Cl)(Cl)C(O)[C@H](C)C(=O)O[C@@H](C)/C=C/C=C\[C@H]2S)[C@@H]1CC. The van der Waals surface area contributed by atoms with Gasteiger partial charge in [0.15, 0.2) is 5.78 Å². The number of carbonyl (C=O) groups excluding carboxylic acids is 2. The van der Waals surface area contributed by atoms with Crippen LogP contribution in [0.5, 0.6) is 0 Å². The first kappa shape index (κ1) is 31.7. The van der Waals surface area contributed by atoms with Crippen LogP contribution in [0.4, 0.5) is 0 Å². The minimum Gasteiger partial charge on any atom is -0.458 e. The van der Waals surface area contributed by atoms with Crippen LogP contribution in [-0.4, -0.2) is 61.9 Å². The molecule has 0 aromatic rings. The summed E-state index contributed by atoms with van der Waals surface area (Å²) in [5.41, 5.74) is 0. The highest BCUT2D eigenvalue weighted by atomic mass is 35.5. The lowest BCUT2D eigenvalue weighted by Crippen LogP contribution is -2.53. The summed E-state index contributed by atoms with van der Waals surface area (Å²) in [5, 5.41) is 21.4. The zero-order valence-electron chi connectivity index (χ0n) is 21.1. The van der Waals surface area contributed by atoms with Crippen molar-refractivity contribution in [2.45, 2.75) is 67.3 Å². The lowest BCUT2D eigenvalue weighted by molar-refractivity contribution is -0.155. The molecule has 204 valence electrons. The number of rotatable bonds is 6. The van der Waals surface area contributed by atoms with Crippen LogP contribution in [0.3, 0.4) is 0 Å². The summed E-state index contributed by atoms with van der Waals surface area (Å²) in [6, 6.07) is 0. The van der Waals surface area contributed by atoms with E-state index in [-0.39, 0.29) is 30.1 Å². The van der Waals surface area contributed by atoms with Crippen LogP contribution < -0.4 is 0 Å². The number of cyclic esters (lactones) is 1. The highest BCUT2D eigenvalue weighted by molar-refractivity contribution is 7.81. The first-order valence-electron chi connectivity index (χ1n) is 12.3. The molecule has 0 fully saturated rings. The first-order chi connectivity index (χ1) is 16.8. The maximum atomic E-state index is 14.0. The van der Waals surface area contributed by atoms with Gasteiger partial charge in [0.05, 0.1) is 12.5 Å². The van der Waals surface area contributed by atoms with Gasteiger partial charge in [-0.2, -0.15) is 12.6 Å². The van der Waals surface area contributed by atoms with Crippen molar-refractivity contribution in [2.75, 3.05) is 13.2 Å². The second-order valence-corrected chi connectivity index (χ2v) is 12.5. The number of allylic oxidation sites excluding steroid dienone is 4. The Kier molecular flexibility index (Phi) is 11.9. The molecule has 0 saturated heterocycles. The number of ether oxygens (including phenoxy) is 2. The minimum absolute atomic E-state index is 0.0331. The van der Waals surface area contributed by atoms with Crippen molar-refractivity contribution in [1.29, 1.82) is 0 Å². The number of halogens is 2. The summed E-state index contributed by atoms with van der Waals surface area (Å²) in [5.74, 6) is -4.11. The minimum atomic E-state index is -2.27. The average molecular weight is 582 g/mol. The lowest BCUT2D eigenvalue weighted by atomic mass is 9.64. The van der Waals surface area contributed by atoms with E-state index in [1.807, 2.05) is 32.1 Å². The predicted molar refractivity (Wildman–Crippen MR) is 150 cm³/mol. The first-order valence-corrected chi connectivity index (χ1v) is 14.0. The molecule has 6 nitrogen and oxygen atoms in total. The zero-order valence-corrected chi connectivity index (χ0v) is 24.4. The summed E-state index contributed by atoms with van der Waals surface area (Å²) in [4.78, 5) is 25.2. The molecule has 2 N–H and O–H groups in total. The summed E-state index contributed by atoms with van der Waals surface area (Å²) >= 11 is 22.3. The van der Waals surface area contributed by atoms with E-state index in [0.717, 1.165) is 0 Å². The molecule has 0 aromatic carbocycles. The molecular formula is C26H38Cl2O6S2. The van der Waals surface area contributed by atoms with Crippen molar-refractivity contribution in [3.05, 3.63) is 36.5 Å². The molecule has 36 heavy (non-hydrogen) atoms. The van der Waals surface area contributed by atoms with E-state index < -0.39 is 51.0 Å². The number of esters is 1. The fraction of sp³-hybridized carbons (Fsp3) is 0.692. The quantitative estimate of drug-likeness (QED) is 0.121. The van der Waals surface area contributed by atoms with E-state index in [1.165, 1.54) is 6.92 Å². The van der Waals surface area contributed by atoms with Crippen molar-refractivity contribution >= 4 is 60.2 Å². The molecule has 0 amide bonds. The van der Waals surface area contributed by atoms with Gasteiger partial charge in [0.2, 0.25) is 4.33 Å². The van der Waals surface area contributed by atoms with Gasteiger partial charge < -0.3 is 19.7 Å². The fourth-order valence-electron chi connectivity index (χ4n) is 4.93. The monoisotopic (exact) mass is 580 g/mol. The van der Waals surface area contributed by atoms with Crippen LogP contribution in [0.1, 0.15) is 40.5 Å². The molecule has 0 saturated carbocycles. The number of hydrogen-bond donors (Lipinski definition) is 4. The van der Waals surface area contributed by atoms with E-state index in [1.54, 1.807) is 25.2 Å². The topological polar surface area (TPSA) is 93.1 Å². The Bertz CT molecular complexity index is 859. The molecule has 9 atom stereocenters. The second kappa shape index (κ2) is 13.5. The molecule has 1 heterocycles. The zero-order chi connectivity index (χ0) is 27.3. The van der Waals surface area contributed by atoms with Gasteiger partial charge in [-0.25, -0.2) is 0 Å². The number of carbonyl (C=O) groups is 2. The van der Waals surface area contributed by atoms with Gasteiger partial charge in [0.1, 0.15) is 17.1 Å². The van der Waals surface area contributed by atoms with Crippen LogP contribution in [0, 0.1) is 29.6 Å². The van der Waals surface area contributed by atoms with Crippen LogP contribution in [0.15, 0.2) is 36.5 Å². The number of alkyl halides is 2. The van der Waals surface area contributed by atoms with E-state index >= 15 is 0 Å². The number of aliphatic hydroxyl groups excluding tert-OH is 1. The molecule has 2 aliphatic rings. The third-order valence-electron chi connectivity index (χ3n) is 6.92. The third kappa shape index (κ3) is 7.78. The molecule has 0 aromatic heterocycles. The molecule has 10 heteroatoms. The Labute approximate surface area is 235 Å². The van der Waals surface area contributed by atoms with Crippen molar-refractivity contribution in [2.24, 2.45) is 29.6 Å². The van der Waals surface area contributed by atoms with E-state index in [2.05, 4.69) is 12.6 Å². The second-order valence-electron chi connectivity index (χ2n) is 9.67. The normalized spacial score (nSPS) is 38.8. The van der Waals surface area contributed by atoms with Gasteiger partial charge in [-0.3, -0.25) is 9.59 Å². The number of aliphatic hydroxyl groups is 2. The van der Waals surface area contributed by atoms with Crippen LogP contribution in [0.2, 0.25) is 0 Å². The highest BCUT2D eigenvalue weighted by Gasteiger charge is 2.54. The number of fused-ring (bicyclic) bond motifs is 1. The third-order valence-corrected chi connectivity index (χ3v) is 8.57. The van der Waals surface area contributed by atoms with Gasteiger partial charge in [0, 0.05) is 23.7 Å².